The number of aromatic nitrogens is 2. The number of likely N-dealkylation sites (tertiary alicyclic amines) is 2. The van der Waals surface area contributed by atoms with Gasteiger partial charge >= 0.3 is 0 Å². The van der Waals surface area contributed by atoms with E-state index in [4.69, 9.17) is 0 Å². The lowest BCUT2D eigenvalue weighted by molar-refractivity contribution is -0.131. The summed E-state index contributed by atoms with van der Waals surface area (Å²) in [5.74, 6) is 0.597. The van der Waals surface area contributed by atoms with E-state index in [1.54, 1.807) is 13.3 Å². The zero-order valence-corrected chi connectivity index (χ0v) is 13.7. The van der Waals surface area contributed by atoms with Gasteiger partial charge in [0.05, 0.1) is 18.6 Å². The maximum Gasteiger partial charge on any atom is 0.219 e. The molecule has 2 aliphatic heterocycles. The lowest BCUT2D eigenvalue weighted by Crippen LogP contribution is -2.51. The minimum Gasteiger partial charge on any atom is -0.394 e. The molecule has 3 atom stereocenters. The molecule has 1 aromatic rings. The molecule has 6 heteroatoms. The second-order valence-corrected chi connectivity index (χ2v) is 7.04. The van der Waals surface area contributed by atoms with Gasteiger partial charge in [-0.2, -0.15) is 0 Å². The number of hydrogen-bond acceptors (Lipinski definition) is 4. The van der Waals surface area contributed by atoms with Crippen molar-refractivity contribution in [2.75, 3.05) is 19.7 Å². The van der Waals surface area contributed by atoms with E-state index in [1.165, 1.54) is 0 Å². The first kappa shape index (κ1) is 15.5. The molecule has 2 N–H and O–H groups in total. The van der Waals surface area contributed by atoms with Crippen molar-refractivity contribution in [3.05, 3.63) is 17.7 Å². The largest absolute Gasteiger partial charge is 0.394 e. The molecule has 2 fully saturated rings. The van der Waals surface area contributed by atoms with Crippen LogP contribution in [0.4, 0.5) is 0 Å². The van der Waals surface area contributed by atoms with Crippen LogP contribution < -0.4 is 0 Å². The monoisotopic (exact) mass is 306 g/mol. The number of aliphatic hydroxyl groups is 1. The smallest absolute Gasteiger partial charge is 0.219 e. The van der Waals surface area contributed by atoms with E-state index in [-0.39, 0.29) is 18.1 Å². The molecule has 0 spiro atoms. The van der Waals surface area contributed by atoms with E-state index in [2.05, 4.69) is 21.8 Å². The first-order chi connectivity index (χ1) is 10.4. The number of carbonyl (C=O) groups excluding carboxylic acids is 1. The van der Waals surface area contributed by atoms with Crippen molar-refractivity contribution in [2.24, 2.45) is 5.92 Å². The number of aromatic amines is 1. The minimum atomic E-state index is -0.229. The molecule has 22 heavy (non-hydrogen) atoms. The van der Waals surface area contributed by atoms with E-state index < -0.39 is 0 Å². The number of rotatable bonds is 3. The summed E-state index contributed by atoms with van der Waals surface area (Å²) in [6, 6.07) is 0.420. The Hall–Kier alpha value is -1.40. The molecule has 2 saturated heterocycles. The number of H-pyrrole nitrogens is 1. The highest BCUT2D eigenvalue weighted by molar-refractivity contribution is 5.73. The van der Waals surface area contributed by atoms with E-state index >= 15 is 0 Å². The van der Waals surface area contributed by atoms with Crippen molar-refractivity contribution >= 4 is 5.91 Å². The molecular formula is C16H26N4O2. The molecule has 122 valence electrons. The maximum atomic E-state index is 11.6. The third-order valence-electron chi connectivity index (χ3n) is 5.53. The van der Waals surface area contributed by atoms with Gasteiger partial charge in [-0.25, -0.2) is 4.98 Å². The Morgan fingerprint density at radius 3 is 2.95 bits per heavy atom. The number of aryl methyl sites for hydroxylation is 1. The second kappa shape index (κ2) is 5.66. The maximum absolute atomic E-state index is 11.6. The first-order valence-electron chi connectivity index (χ1n) is 8.06. The van der Waals surface area contributed by atoms with Gasteiger partial charge < -0.3 is 15.0 Å². The highest BCUT2D eigenvalue weighted by Crippen LogP contribution is 2.42. The van der Waals surface area contributed by atoms with Crippen LogP contribution in [0.15, 0.2) is 6.33 Å². The Morgan fingerprint density at radius 2 is 2.36 bits per heavy atom. The quantitative estimate of drug-likeness (QED) is 0.871. The third-order valence-corrected chi connectivity index (χ3v) is 5.53. The van der Waals surface area contributed by atoms with Gasteiger partial charge in [-0.3, -0.25) is 9.69 Å². The molecular weight excluding hydrogens is 280 g/mol. The third kappa shape index (κ3) is 2.54. The van der Waals surface area contributed by atoms with Crippen molar-refractivity contribution in [2.45, 2.75) is 51.7 Å². The van der Waals surface area contributed by atoms with Crippen LogP contribution in [0, 0.1) is 12.8 Å². The standard InChI is InChI=1S/C16H26N4O2/c1-11-14(18-10-17-11)8-20-15-4-5-19(12(2)22)7-13(15)6-16(20,3)9-21/h10,13,15,21H,4-9H2,1-3H3,(H,17,18)/t13-,15-,16+/m0/s1. The Bertz CT molecular complexity index is 558. The lowest BCUT2D eigenvalue weighted by atomic mass is 9.89. The second-order valence-electron chi connectivity index (χ2n) is 7.04. The van der Waals surface area contributed by atoms with Crippen molar-refractivity contribution in [3.63, 3.8) is 0 Å². The van der Waals surface area contributed by atoms with Gasteiger partial charge in [0.25, 0.3) is 0 Å². The zero-order valence-electron chi connectivity index (χ0n) is 13.7. The highest BCUT2D eigenvalue weighted by Gasteiger charge is 2.50. The summed E-state index contributed by atoms with van der Waals surface area (Å²) in [5, 5.41) is 9.97. The Kier molecular flexibility index (Phi) is 3.99. The SMILES string of the molecule is CC(=O)N1CC[C@H]2[C@H](C1)C[C@](C)(CO)N2Cc1nc[nH]c1C. The van der Waals surface area contributed by atoms with E-state index in [9.17, 15) is 9.90 Å². The number of hydrogen-bond donors (Lipinski definition) is 2. The van der Waals surface area contributed by atoms with Gasteiger partial charge in [0.1, 0.15) is 0 Å². The number of amides is 1. The van der Waals surface area contributed by atoms with Crippen molar-refractivity contribution in [1.29, 1.82) is 0 Å². The Labute approximate surface area is 131 Å². The van der Waals surface area contributed by atoms with Gasteiger partial charge in [0.2, 0.25) is 5.91 Å². The molecule has 0 saturated carbocycles. The fraction of sp³-hybridized carbons (Fsp3) is 0.750. The topological polar surface area (TPSA) is 72.5 Å². The van der Waals surface area contributed by atoms with Crippen LogP contribution in [0.2, 0.25) is 0 Å². The number of piperidine rings is 1. The van der Waals surface area contributed by atoms with Crippen LogP contribution in [0.5, 0.6) is 0 Å². The molecule has 0 radical (unpaired) electrons. The number of nitrogens with one attached hydrogen (secondary N) is 1. The van der Waals surface area contributed by atoms with E-state index in [1.807, 2.05) is 11.8 Å². The fourth-order valence-corrected chi connectivity index (χ4v) is 4.17. The number of fused-ring (bicyclic) bond motifs is 1. The minimum absolute atomic E-state index is 0.142. The van der Waals surface area contributed by atoms with Gasteiger partial charge in [0.15, 0.2) is 0 Å². The average molecular weight is 306 g/mol. The van der Waals surface area contributed by atoms with Crippen LogP contribution >= 0.6 is 0 Å². The van der Waals surface area contributed by atoms with Crippen LogP contribution in [-0.4, -0.2) is 62.1 Å². The van der Waals surface area contributed by atoms with Crippen LogP contribution in [0.3, 0.4) is 0 Å². The molecule has 6 nitrogen and oxygen atoms in total. The molecule has 3 heterocycles. The predicted molar refractivity (Wildman–Crippen MR) is 83.1 cm³/mol. The molecule has 0 aliphatic carbocycles. The zero-order chi connectivity index (χ0) is 15.9. The predicted octanol–water partition coefficient (Wildman–Crippen LogP) is 0.912. The lowest BCUT2D eigenvalue weighted by Gasteiger charge is -2.40. The normalized spacial score (nSPS) is 32.3. The molecule has 0 unspecified atom stereocenters. The fourth-order valence-electron chi connectivity index (χ4n) is 4.17. The van der Waals surface area contributed by atoms with Crippen molar-refractivity contribution in [1.82, 2.24) is 19.8 Å². The summed E-state index contributed by atoms with van der Waals surface area (Å²) in [6.07, 6.45) is 3.64. The molecule has 2 aliphatic rings. The Morgan fingerprint density at radius 1 is 1.59 bits per heavy atom. The summed E-state index contributed by atoms with van der Waals surface area (Å²) in [4.78, 5) is 23.6. The van der Waals surface area contributed by atoms with Crippen molar-refractivity contribution in [3.8, 4) is 0 Å². The number of nitrogens with zero attached hydrogens (tertiary/aromatic N) is 3. The summed E-state index contributed by atoms with van der Waals surface area (Å²) in [5.41, 5.74) is 1.91. The number of imidazole rings is 1. The van der Waals surface area contributed by atoms with E-state index in [0.717, 1.165) is 43.9 Å². The number of carbonyl (C=O) groups is 1. The van der Waals surface area contributed by atoms with Gasteiger partial charge in [0, 0.05) is 43.8 Å². The van der Waals surface area contributed by atoms with Crippen LogP contribution in [0.25, 0.3) is 0 Å². The molecule has 0 bridgehead atoms. The summed E-state index contributed by atoms with van der Waals surface area (Å²) in [7, 11) is 0. The van der Waals surface area contributed by atoms with Gasteiger partial charge in [-0.15, -0.1) is 0 Å². The van der Waals surface area contributed by atoms with Gasteiger partial charge in [-0.05, 0) is 32.6 Å². The summed E-state index contributed by atoms with van der Waals surface area (Å²) in [6.45, 7) is 8.33. The molecule has 3 rings (SSSR count). The summed E-state index contributed by atoms with van der Waals surface area (Å²) < 4.78 is 0. The molecule has 1 amide bonds. The van der Waals surface area contributed by atoms with Crippen LogP contribution in [-0.2, 0) is 11.3 Å². The molecule has 0 aromatic carbocycles. The summed E-state index contributed by atoms with van der Waals surface area (Å²) >= 11 is 0. The van der Waals surface area contributed by atoms with Crippen molar-refractivity contribution < 1.29 is 9.90 Å². The number of aliphatic hydroxyl groups excluding tert-OH is 1. The van der Waals surface area contributed by atoms with Gasteiger partial charge in [-0.1, -0.05) is 0 Å². The van der Waals surface area contributed by atoms with E-state index in [0.29, 0.717) is 12.0 Å². The first-order valence-corrected chi connectivity index (χ1v) is 8.06. The highest BCUT2D eigenvalue weighted by atomic mass is 16.3. The Balaban J connectivity index is 1.82. The average Bonchev–Trinajstić information content (AvgIpc) is 3.01. The molecule has 1 aromatic heterocycles. The van der Waals surface area contributed by atoms with Crippen LogP contribution in [0.1, 0.15) is 38.1 Å².